The summed E-state index contributed by atoms with van der Waals surface area (Å²) in [5.74, 6) is -1.50. The van der Waals surface area contributed by atoms with E-state index >= 15 is 0 Å². The average molecular weight is 365 g/mol. The standard InChI is InChI=1S/C15H9F2N3O6/c16-15(17)25-11-6-5-8(7-12(11)26-15)18-14(22)19-13(21)9-3-1-2-4-10(9)20(23)24/h1-7H,(H2,18,19,21,22). The molecule has 0 bridgehead atoms. The van der Waals surface area contributed by atoms with Crippen LogP contribution < -0.4 is 20.1 Å². The van der Waals surface area contributed by atoms with Crippen molar-refractivity contribution in [2.75, 3.05) is 5.32 Å². The Balaban J connectivity index is 1.69. The number of amides is 3. The number of alkyl halides is 2. The molecule has 0 aromatic heterocycles. The number of anilines is 1. The number of rotatable bonds is 3. The van der Waals surface area contributed by atoms with Crippen LogP contribution in [0.15, 0.2) is 42.5 Å². The Hall–Kier alpha value is -3.76. The number of fused-ring (bicyclic) bond motifs is 1. The van der Waals surface area contributed by atoms with Crippen molar-refractivity contribution in [2.45, 2.75) is 6.29 Å². The number of para-hydroxylation sites is 1. The maximum atomic E-state index is 13.0. The fourth-order valence-corrected chi connectivity index (χ4v) is 2.18. The minimum Gasteiger partial charge on any atom is -0.395 e. The molecule has 2 aromatic rings. The second-order valence-electron chi connectivity index (χ2n) is 5.01. The monoisotopic (exact) mass is 365 g/mol. The summed E-state index contributed by atoms with van der Waals surface area (Å²) in [7, 11) is 0. The smallest absolute Gasteiger partial charge is 0.395 e. The molecule has 2 N–H and O–H groups in total. The lowest BCUT2D eigenvalue weighted by Crippen LogP contribution is -2.34. The summed E-state index contributed by atoms with van der Waals surface area (Å²) in [6.45, 7) is 0. The first-order chi connectivity index (χ1) is 12.2. The van der Waals surface area contributed by atoms with Crippen LogP contribution in [0.25, 0.3) is 0 Å². The highest BCUT2D eigenvalue weighted by molar-refractivity contribution is 6.09. The molecule has 0 spiro atoms. The number of nitro groups is 1. The summed E-state index contributed by atoms with van der Waals surface area (Å²) in [4.78, 5) is 34.0. The normalized spacial score (nSPS) is 13.8. The second-order valence-corrected chi connectivity index (χ2v) is 5.01. The predicted molar refractivity (Wildman–Crippen MR) is 82.2 cm³/mol. The van der Waals surface area contributed by atoms with E-state index in [9.17, 15) is 28.5 Å². The van der Waals surface area contributed by atoms with Crippen LogP contribution in [0, 0.1) is 10.1 Å². The Bertz CT molecular complexity index is 918. The van der Waals surface area contributed by atoms with Crippen LogP contribution in [0.3, 0.4) is 0 Å². The van der Waals surface area contributed by atoms with Gasteiger partial charge in [0.2, 0.25) is 0 Å². The van der Waals surface area contributed by atoms with Gasteiger partial charge < -0.3 is 14.8 Å². The third-order valence-corrected chi connectivity index (χ3v) is 3.23. The van der Waals surface area contributed by atoms with Gasteiger partial charge in [0.25, 0.3) is 11.6 Å². The highest BCUT2D eigenvalue weighted by Gasteiger charge is 2.43. The third kappa shape index (κ3) is 3.50. The SMILES string of the molecule is O=C(NC(=O)c1ccccc1[N+](=O)[O-])Nc1ccc2c(c1)OC(F)(F)O2. The molecule has 26 heavy (non-hydrogen) atoms. The van der Waals surface area contributed by atoms with E-state index in [-0.39, 0.29) is 22.7 Å². The highest BCUT2D eigenvalue weighted by Crippen LogP contribution is 2.42. The minimum absolute atomic E-state index is 0.0397. The molecule has 0 saturated heterocycles. The summed E-state index contributed by atoms with van der Waals surface area (Å²) in [5, 5.41) is 15.0. The van der Waals surface area contributed by atoms with Crippen molar-refractivity contribution in [1.82, 2.24) is 5.32 Å². The van der Waals surface area contributed by atoms with Crippen molar-refractivity contribution < 1.29 is 32.8 Å². The number of ether oxygens (including phenoxy) is 2. The lowest BCUT2D eigenvalue weighted by Gasteiger charge is -2.07. The van der Waals surface area contributed by atoms with Crippen LogP contribution in [0.1, 0.15) is 10.4 Å². The van der Waals surface area contributed by atoms with E-state index in [0.717, 1.165) is 18.2 Å². The van der Waals surface area contributed by atoms with Crippen LogP contribution in [0.5, 0.6) is 11.5 Å². The molecule has 134 valence electrons. The molecular weight excluding hydrogens is 356 g/mol. The minimum atomic E-state index is -3.80. The van der Waals surface area contributed by atoms with Gasteiger partial charge >= 0.3 is 12.3 Å². The number of nitrogens with zero attached hydrogens (tertiary/aromatic N) is 1. The molecule has 1 aliphatic rings. The highest BCUT2D eigenvalue weighted by atomic mass is 19.3. The zero-order valence-electron chi connectivity index (χ0n) is 12.7. The molecule has 0 fully saturated rings. The van der Waals surface area contributed by atoms with Gasteiger partial charge in [-0.05, 0) is 18.2 Å². The van der Waals surface area contributed by atoms with E-state index in [1.807, 2.05) is 5.32 Å². The number of urea groups is 1. The predicted octanol–water partition coefficient (Wildman–Crippen LogP) is 2.88. The number of halogens is 2. The zero-order valence-corrected chi connectivity index (χ0v) is 12.7. The van der Waals surface area contributed by atoms with Gasteiger partial charge in [-0.15, -0.1) is 8.78 Å². The molecule has 0 radical (unpaired) electrons. The number of hydrogen-bond donors (Lipinski definition) is 2. The molecule has 3 rings (SSSR count). The molecule has 3 amide bonds. The Morgan fingerprint density at radius 1 is 1.08 bits per heavy atom. The molecule has 0 aliphatic carbocycles. The van der Waals surface area contributed by atoms with E-state index < -0.39 is 28.8 Å². The molecule has 0 unspecified atom stereocenters. The van der Waals surface area contributed by atoms with Crippen molar-refractivity contribution in [3.8, 4) is 11.5 Å². The van der Waals surface area contributed by atoms with Gasteiger partial charge in [0.15, 0.2) is 11.5 Å². The summed E-state index contributed by atoms with van der Waals surface area (Å²) < 4.78 is 34.4. The quantitative estimate of drug-likeness (QED) is 0.637. The first kappa shape index (κ1) is 17.1. The number of benzene rings is 2. The summed E-state index contributed by atoms with van der Waals surface area (Å²) >= 11 is 0. The number of hydrogen-bond acceptors (Lipinski definition) is 6. The molecular formula is C15H9F2N3O6. The van der Waals surface area contributed by atoms with Gasteiger partial charge in [-0.1, -0.05) is 12.1 Å². The Morgan fingerprint density at radius 2 is 1.77 bits per heavy atom. The number of carbonyl (C=O) groups excluding carboxylic acids is 2. The number of nitro benzene ring substituents is 1. The molecule has 11 heteroatoms. The van der Waals surface area contributed by atoms with Crippen LogP contribution in [0.2, 0.25) is 0 Å². The van der Waals surface area contributed by atoms with Crippen LogP contribution in [-0.2, 0) is 0 Å². The van der Waals surface area contributed by atoms with Gasteiger partial charge in [-0.25, -0.2) is 4.79 Å². The second kappa shape index (κ2) is 6.27. The van der Waals surface area contributed by atoms with E-state index in [4.69, 9.17) is 0 Å². The van der Waals surface area contributed by atoms with Gasteiger partial charge in [0.1, 0.15) is 5.56 Å². The maximum Gasteiger partial charge on any atom is 0.586 e. The van der Waals surface area contributed by atoms with Crippen LogP contribution >= 0.6 is 0 Å². The first-order valence-electron chi connectivity index (χ1n) is 7.01. The van der Waals surface area contributed by atoms with Gasteiger partial charge in [0.05, 0.1) is 4.92 Å². The number of imide groups is 1. The topological polar surface area (TPSA) is 120 Å². The van der Waals surface area contributed by atoms with E-state index in [1.165, 1.54) is 24.3 Å². The number of nitrogens with one attached hydrogen (secondary N) is 2. The van der Waals surface area contributed by atoms with E-state index in [2.05, 4.69) is 14.8 Å². The van der Waals surface area contributed by atoms with E-state index in [1.54, 1.807) is 0 Å². The van der Waals surface area contributed by atoms with Crippen LogP contribution in [0.4, 0.5) is 25.0 Å². The molecule has 1 aliphatic heterocycles. The van der Waals surface area contributed by atoms with Gasteiger partial charge in [0, 0.05) is 17.8 Å². The van der Waals surface area contributed by atoms with Crippen molar-refractivity contribution in [2.24, 2.45) is 0 Å². The van der Waals surface area contributed by atoms with Crippen molar-refractivity contribution in [1.29, 1.82) is 0 Å². The summed E-state index contributed by atoms with van der Waals surface area (Å²) in [6.07, 6.45) is -3.80. The van der Waals surface area contributed by atoms with E-state index in [0.29, 0.717) is 0 Å². The molecule has 2 aromatic carbocycles. The Morgan fingerprint density at radius 3 is 2.50 bits per heavy atom. The van der Waals surface area contributed by atoms with Crippen molar-refractivity contribution in [3.05, 3.63) is 58.1 Å². The molecule has 0 saturated carbocycles. The number of carbonyl (C=O) groups is 2. The fourth-order valence-electron chi connectivity index (χ4n) is 2.18. The lowest BCUT2D eigenvalue weighted by atomic mass is 10.1. The average Bonchev–Trinajstić information content (AvgIpc) is 2.87. The van der Waals surface area contributed by atoms with Gasteiger partial charge in [-0.3, -0.25) is 20.2 Å². The Kier molecular flexibility index (Phi) is 4.12. The molecule has 0 atom stereocenters. The Labute approximate surface area is 143 Å². The van der Waals surface area contributed by atoms with Crippen LogP contribution in [-0.4, -0.2) is 23.2 Å². The first-order valence-corrected chi connectivity index (χ1v) is 7.01. The largest absolute Gasteiger partial charge is 0.586 e. The zero-order chi connectivity index (χ0) is 18.9. The summed E-state index contributed by atoms with van der Waals surface area (Å²) in [6, 6.07) is 7.53. The van der Waals surface area contributed by atoms with Crippen molar-refractivity contribution in [3.63, 3.8) is 0 Å². The summed E-state index contributed by atoms with van der Waals surface area (Å²) in [5.41, 5.74) is -0.737. The lowest BCUT2D eigenvalue weighted by molar-refractivity contribution is -0.385. The molecule has 9 nitrogen and oxygen atoms in total. The van der Waals surface area contributed by atoms with Crippen molar-refractivity contribution >= 4 is 23.3 Å². The van der Waals surface area contributed by atoms with Gasteiger partial charge in [-0.2, -0.15) is 0 Å². The maximum absolute atomic E-state index is 13.0. The third-order valence-electron chi connectivity index (χ3n) is 3.23. The fraction of sp³-hybridized carbons (Fsp3) is 0.0667. The molecule has 1 heterocycles.